The molecule has 2 unspecified atom stereocenters. The molecule has 2 aliphatic rings. The zero-order valence-corrected chi connectivity index (χ0v) is 13.9. The van der Waals surface area contributed by atoms with Gasteiger partial charge in [0.05, 0.1) is 32.1 Å². The topological polar surface area (TPSA) is 90.7 Å². The molecule has 0 amide bonds. The molecule has 0 saturated carbocycles. The minimum absolute atomic E-state index is 0.174. The van der Waals surface area contributed by atoms with Gasteiger partial charge in [-0.05, 0) is 18.9 Å². The van der Waals surface area contributed by atoms with Crippen molar-refractivity contribution in [2.24, 2.45) is 0 Å². The molecule has 9 heteroatoms. The van der Waals surface area contributed by atoms with Gasteiger partial charge in [-0.1, -0.05) is 0 Å². The molecule has 1 aromatic heterocycles. The Morgan fingerprint density at radius 2 is 2.30 bits per heavy atom. The third-order valence-electron chi connectivity index (χ3n) is 4.28. The van der Waals surface area contributed by atoms with Crippen molar-refractivity contribution in [3.05, 3.63) is 28.7 Å². The van der Waals surface area contributed by atoms with E-state index in [0.29, 0.717) is 39.3 Å². The first-order valence-electron chi connectivity index (χ1n) is 7.61. The molecule has 2 atom stereocenters. The van der Waals surface area contributed by atoms with Crippen LogP contribution in [-0.2, 0) is 26.0 Å². The van der Waals surface area contributed by atoms with Gasteiger partial charge in [-0.3, -0.25) is 4.79 Å². The van der Waals surface area contributed by atoms with Crippen LogP contribution >= 0.6 is 0 Å². The molecular weight excluding hydrogens is 322 g/mol. The van der Waals surface area contributed by atoms with Gasteiger partial charge in [0.2, 0.25) is 10.0 Å². The average molecular weight is 343 g/mol. The van der Waals surface area contributed by atoms with E-state index in [-0.39, 0.29) is 11.7 Å². The van der Waals surface area contributed by atoms with Gasteiger partial charge < -0.3 is 9.47 Å². The molecule has 0 aliphatic carbocycles. The van der Waals surface area contributed by atoms with Crippen molar-refractivity contribution in [3.8, 4) is 0 Å². The van der Waals surface area contributed by atoms with E-state index in [2.05, 4.69) is 5.10 Å². The summed E-state index contributed by atoms with van der Waals surface area (Å²) in [6.07, 6.45) is 4.03. The van der Waals surface area contributed by atoms with Crippen molar-refractivity contribution in [1.29, 1.82) is 0 Å². The number of nitrogens with zero attached hydrogens (tertiary/aromatic N) is 3. The Balaban J connectivity index is 1.72. The predicted octanol–water partition coefficient (Wildman–Crippen LogP) is -0.547. The van der Waals surface area contributed by atoms with Crippen LogP contribution in [0.4, 0.5) is 0 Å². The van der Waals surface area contributed by atoms with Crippen LogP contribution in [0.5, 0.6) is 0 Å². The smallest absolute Gasteiger partial charge is 0.266 e. The standard InChI is InChI=1S/C14H21N3O5S/c1-23(19,20)16-7-8-21-11-14(10-16)5-4-12(22-14)9-17-13(18)3-2-6-15-17/h2-3,6,12H,4-5,7-11H2,1H3. The molecule has 128 valence electrons. The monoisotopic (exact) mass is 343 g/mol. The van der Waals surface area contributed by atoms with Crippen molar-refractivity contribution < 1.29 is 17.9 Å². The molecule has 0 aromatic carbocycles. The Morgan fingerprint density at radius 3 is 3.04 bits per heavy atom. The first-order valence-corrected chi connectivity index (χ1v) is 9.46. The number of hydrogen-bond donors (Lipinski definition) is 0. The van der Waals surface area contributed by atoms with E-state index in [1.165, 1.54) is 21.3 Å². The van der Waals surface area contributed by atoms with E-state index in [9.17, 15) is 13.2 Å². The van der Waals surface area contributed by atoms with Crippen molar-refractivity contribution in [2.45, 2.75) is 31.1 Å². The van der Waals surface area contributed by atoms with Crippen LogP contribution in [0.15, 0.2) is 23.1 Å². The van der Waals surface area contributed by atoms with Gasteiger partial charge in [-0.2, -0.15) is 9.40 Å². The molecular formula is C14H21N3O5S. The van der Waals surface area contributed by atoms with Gasteiger partial charge in [-0.15, -0.1) is 0 Å². The van der Waals surface area contributed by atoms with Crippen LogP contribution < -0.4 is 5.56 Å². The van der Waals surface area contributed by atoms with Crippen LogP contribution in [0.1, 0.15) is 12.8 Å². The Morgan fingerprint density at radius 1 is 1.48 bits per heavy atom. The van der Waals surface area contributed by atoms with Crippen LogP contribution in [0.3, 0.4) is 0 Å². The van der Waals surface area contributed by atoms with E-state index < -0.39 is 15.6 Å². The summed E-state index contributed by atoms with van der Waals surface area (Å²) in [6, 6.07) is 3.05. The van der Waals surface area contributed by atoms with Gasteiger partial charge in [0, 0.05) is 25.4 Å². The van der Waals surface area contributed by atoms with Crippen LogP contribution in [0.2, 0.25) is 0 Å². The molecule has 2 saturated heterocycles. The molecule has 3 rings (SSSR count). The van der Waals surface area contributed by atoms with E-state index in [1.54, 1.807) is 12.3 Å². The fourth-order valence-corrected chi connectivity index (χ4v) is 3.99. The lowest BCUT2D eigenvalue weighted by Gasteiger charge is -2.30. The second-order valence-corrected chi connectivity index (χ2v) is 8.14. The Labute approximate surface area is 135 Å². The summed E-state index contributed by atoms with van der Waals surface area (Å²) in [5, 5.41) is 4.03. The fraction of sp³-hybridized carbons (Fsp3) is 0.714. The van der Waals surface area contributed by atoms with E-state index >= 15 is 0 Å². The van der Waals surface area contributed by atoms with Crippen LogP contribution in [0, 0.1) is 0 Å². The SMILES string of the molecule is CS(=O)(=O)N1CCOCC2(CCC(Cn3ncccc3=O)O2)C1. The Hall–Kier alpha value is -1.29. The summed E-state index contributed by atoms with van der Waals surface area (Å²) in [4.78, 5) is 11.7. The zero-order chi connectivity index (χ0) is 16.5. The first-order chi connectivity index (χ1) is 10.9. The van der Waals surface area contributed by atoms with Gasteiger partial charge in [0.25, 0.3) is 5.56 Å². The third-order valence-corrected chi connectivity index (χ3v) is 5.53. The lowest BCUT2D eigenvalue weighted by Crippen LogP contribution is -2.46. The number of hydrogen-bond acceptors (Lipinski definition) is 6. The second kappa shape index (κ2) is 6.31. The minimum Gasteiger partial charge on any atom is -0.377 e. The summed E-state index contributed by atoms with van der Waals surface area (Å²) in [5.41, 5.74) is -0.810. The quantitative estimate of drug-likeness (QED) is 0.732. The van der Waals surface area contributed by atoms with Crippen molar-refractivity contribution in [2.75, 3.05) is 32.6 Å². The normalized spacial score (nSPS) is 29.7. The number of rotatable bonds is 3. The predicted molar refractivity (Wildman–Crippen MR) is 82.6 cm³/mol. The summed E-state index contributed by atoms with van der Waals surface area (Å²) in [6.45, 7) is 1.73. The second-order valence-electron chi connectivity index (χ2n) is 6.15. The fourth-order valence-electron chi connectivity index (χ4n) is 3.12. The van der Waals surface area contributed by atoms with Gasteiger partial charge in [0.1, 0.15) is 5.60 Å². The third kappa shape index (κ3) is 3.79. The summed E-state index contributed by atoms with van der Waals surface area (Å²) >= 11 is 0. The largest absolute Gasteiger partial charge is 0.377 e. The first kappa shape index (κ1) is 16.6. The van der Waals surface area contributed by atoms with Crippen LogP contribution in [-0.4, -0.2) is 66.8 Å². The zero-order valence-electron chi connectivity index (χ0n) is 13.1. The minimum atomic E-state index is -3.29. The van der Waals surface area contributed by atoms with E-state index in [1.807, 2.05) is 0 Å². The lowest BCUT2D eigenvalue weighted by atomic mass is 10.0. The highest BCUT2D eigenvalue weighted by molar-refractivity contribution is 7.88. The molecule has 3 heterocycles. The summed E-state index contributed by atoms with van der Waals surface area (Å²) < 4.78 is 38.2. The molecule has 2 fully saturated rings. The molecule has 2 aliphatic heterocycles. The maximum Gasteiger partial charge on any atom is 0.266 e. The van der Waals surface area contributed by atoms with Crippen molar-refractivity contribution in [3.63, 3.8) is 0 Å². The Bertz CT molecular complexity index is 719. The molecule has 8 nitrogen and oxygen atoms in total. The summed E-state index contributed by atoms with van der Waals surface area (Å²) in [7, 11) is -3.29. The maximum atomic E-state index is 11.9. The summed E-state index contributed by atoms with van der Waals surface area (Å²) in [5.74, 6) is 0. The highest BCUT2D eigenvalue weighted by Crippen LogP contribution is 2.34. The van der Waals surface area contributed by atoms with Crippen molar-refractivity contribution >= 4 is 10.0 Å². The highest BCUT2D eigenvalue weighted by Gasteiger charge is 2.44. The number of sulfonamides is 1. The van der Waals surface area contributed by atoms with Gasteiger partial charge in [0.15, 0.2) is 0 Å². The number of aromatic nitrogens is 2. The molecule has 0 N–H and O–H groups in total. The van der Waals surface area contributed by atoms with E-state index in [4.69, 9.17) is 9.47 Å². The lowest BCUT2D eigenvalue weighted by molar-refractivity contribution is -0.0863. The van der Waals surface area contributed by atoms with Gasteiger partial charge in [-0.25, -0.2) is 13.1 Å². The number of ether oxygens (including phenoxy) is 2. The molecule has 1 aromatic rings. The molecule has 1 spiro atoms. The molecule has 0 radical (unpaired) electrons. The van der Waals surface area contributed by atoms with Gasteiger partial charge >= 0.3 is 0 Å². The highest BCUT2D eigenvalue weighted by atomic mass is 32.2. The molecule has 23 heavy (non-hydrogen) atoms. The molecule has 0 bridgehead atoms. The van der Waals surface area contributed by atoms with E-state index in [0.717, 1.165) is 6.42 Å². The maximum absolute atomic E-state index is 11.9. The van der Waals surface area contributed by atoms with Crippen molar-refractivity contribution in [1.82, 2.24) is 14.1 Å². The average Bonchev–Trinajstić information content (AvgIpc) is 2.73. The Kier molecular flexibility index (Phi) is 4.54. The van der Waals surface area contributed by atoms with Crippen LogP contribution in [0.25, 0.3) is 0 Å².